The summed E-state index contributed by atoms with van der Waals surface area (Å²) in [6, 6.07) is 15.2. The summed E-state index contributed by atoms with van der Waals surface area (Å²) in [5.41, 5.74) is 4.02. The summed E-state index contributed by atoms with van der Waals surface area (Å²) in [6.07, 6.45) is 3.62. The van der Waals surface area contributed by atoms with E-state index in [2.05, 4.69) is 45.5 Å². The first-order valence-corrected chi connectivity index (χ1v) is 8.23. The van der Waals surface area contributed by atoms with E-state index in [1.807, 2.05) is 25.2 Å². The fourth-order valence-electron chi connectivity index (χ4n) is 2.96. The van der Waals surface area contributed by atoms with Gasteiger partial charge in [-0.15, -0.1) is 0 Å². The van der Waals surface area contributed by atoms with Crippen LogP contribution in [-0.2, 0) is 13.0 Å². The molecule has 2 aromatic rings. The number of halogens is 1. The number of rotatable bonds is 4. The van der Waals surface area contributed by atoms with Crippen molar-refractivity contribution in [3.05, 3.63) is 63.6 Å². The Morgan fingerprint density at radius 1 is 1.24 bits per heavy atom. The molecular weight excluding hydrogens is 326 g/mol. The average Bonchev–Trinajstić information content (AvgIpc) is 2.53. The zero-order chi connectivity index (χ0) is 14.7. The third kappa shape index (κ3) is 3.30. The van der Waals surface area contributed by atoms with Crippen molar-refractivity contribution in [2.75, 3.05) is 7.05 Å². The molecule has 0 aliphatic heterocycles. The number of hydrogen-bond donors (Lipinski definition) is 1. The minimum absolute atomic E-state index is 0.492. The second-order valence-electron chi connectivity index (χ2n) is 5.47. The van der Waals surface area contributed by atoms with Gasteiger partial charge in [-0.25, -0.2) is 0 Å². The molecule has 3 rings (SSSR count). The van der Waals surface area contributed by atoms with Crippen LogP contribution in [0.4, 0.5) is 0 Å². The average molecular weight is 346 g/mol. The SMILES string of the molecule is CNC1CCCc2cc(OCc3ccccc3Br)ccc21. The third-order valence-electron chi connectivity index (χ3n) is 4.13. The van der Waals surface area contributed by atoms with Crippen LogP contribution in [0.3, 0.4) is 0 Å². The number of fused-ring (bicyclic) bond motifs is 1. The van der Waals surface area contributed by atoms with Crippen molar-refractivity contribution in [1.82, 2.24) is 5.32 Å². The maximum Gasteiger partial charge on any atom is 0.120 e. The van der Waals surface area contributed by atoms with Gasteiger partial charge in [0.15, 0.2) is 0 Å². The molecular formula is C18H20BrNO. The van der Waals surface area contributed by atoms with Crippen LogP contribution in [0.1, 0.15) is 35.6 Å². The molecule has 1 unspecified atom stereocenters. The van der Waals surface area contributed by atoms with Crippen LogP contribution in [0.5, 0.6) is 5.75 Å². The van der Waals surface area contributed by atoms with Gasteiger partial charge in [-0.1, -0.05) is 40.2 Å². The van der Waals surface area contributed by atoms with Gasteiger partial charge in [-0.05, 0) is 55.6 Å². The van der Waals surface area contributed by atoms with Crippen LogP contribution >= 0.6 is 15.9 Å². The summed E-state index contributed by atoms with van der Waals surface area (Å²) in [4.78, 5) is 0. The normalized spacial score (nSPS) is 17.3. The smallest absolute Gasteiger partial charge is 0.120 e. The first kappa shape index (κ1) is 14.6. The Morgan fingerprint density at radius 2 is 2.10 bits per heavy atom. The van der Waals surface area contributed by atoms with Gasteiger partial charge in [0.1, 0.15) is 12.4 Å². The molecule has 0 saturated heterocycles. The Kier molecular flexibility index (Phi) is 4.61. The van der Waals surface area contributed by atoms with Crippen molar-refractivity contribution in [1.29, 1.82) is 0 Å². The number of hydrogen-bond acceptors (Lipinski definition) is 2. The van der Waals surface area contributed by atoms with E-state index in [9.17, 15) is 0 Å². The Labute approximate surface area is 134 Å². The van der Waals surface area contributed by atoms with E-state index in [0.29, 0.717) is 12.6 Å². The highest BCUT2D eigenvalue weighted by atomic mass is 79.9. The number of aryl methyl sites for hydroxylation is 1. The van der Waals surface area contributed by atoms with Crippen molar-refractivity contribution >= 4 is 15.9 Å². The lowest BCUT2D eigenvalue weighted by molar-refractivity contribution is 0.304. The molecule has 0 bridgehead atoms. The standard InChI is InChI=1S/C18H20BrNO/c1-20-18-8-4-6-13-11-15(9-10-16(13)18)21-12-14-5-2-3-7-17(14)19/h2-3,5,7,9-11,18,20H,4,6,8,12H2,1H3. The molecule has 110 valence electrons. The second kappa shape index (κ2) is 6.63. The third-order valence-corrected chi connectivity index (χ3v) is 4.90. The fraction of sp³-hybridized carbons (Fsp3) is 0.333. The highest BCUT2D eigenvalue weighted by Gasteiger charge is 2.18. The Bertz CT molecular complexity index is 626. The van der Waals surface area contributed by atoms with Gasteiger partial charge in [-0.3, -0.25) is 0 Å². The van der Waals surface area contributed by atoms with E-state index >= 15 is 0 Å². The van der Waals surface area contributed by atoms with E-state index in [0.717, 1.165) is 16.6 Å². The maximum absolute atomic E-state index is 5.96. The molecule has 0 heterocycles. The molecule has 1 aliphatic rings. The van der Waals surface area contributed by atoms with Crippen LogP contribution < -0.4 is 10.1 Å². The van der Waals surface area contributed by atoms with E-state index in [-0.39, 0.29) is 0 Å². The van der Waals surface area contributed by atoms with Crippen molar-refractivity contribution in [2.45, 2.75) is 31.9 Å². The van der Waals surface area contributed by atoms with Crippen LogP contribution in [0.25, 0.3) is 0 Å². The van der Waals surface area contributed by atoms with Crippen molar-refractivity contribution < 1.29 is 4.74 Å². The van der Waals surface area contributed by atoms with E-state index < -0.39 is 0 Å². The minimum Gasteiger partial charge on any atom is -0.489 e. The van der Waals surface area contributed by atoms with Gasteiger partial charge < -0.3 is 10.1 Å². The van der Waals surface area contributed by atoms with Gasteiger partial charge in [-0.2, -0.15) is 0 Å². The monoisotopic (exact) mass is 345 g/mol. The predicted octanol–water partition coefficient (Wildman–Crippen LogP) is 4.62. The summed E-state index contributed by atoms with van der Waals surface area (Å²) in [5.74, 6) is 0.959. The van der Waals surface area contributed by atoms with Crippen LogP contribution in [-0.4, -0.2) is 7.05 Å². The quantitative estimate of drug-likeness (QED) is 0.872. The topological polar surface area (TPSA) is 21.3 Å². The Hall–Kier alpha value is -1.32. The lowest BCUT2D eigenvalue weighted by Gasteiger charge is -2.25. The molecule has 3 heteroatoms. The molecule has 2 aromatic carbocycles. The summed E-state index contributed by atoms with van der Waals surface area (Å²) in [6.45, 7) is 0.593. The van der Waals surface area contributed by atoms with E-state index in [1.54, 1.807) is 0 Å². The van der Waals surface area contributed by atoms with Gasteiger partial charge >= 0.3 is 0 Å². The molecule has 0 fully saturated rings. The lowest BCUT2D eigenvalue weighted by atomic mass is 9.87. The van der Waals surface area contributed by atoms with Crippen molar-refractivity contribution in [3.63, 3.8) is 0 Å². The van der Waals surface area contributed by atoms with E-state index in [1.165, 1.54) is 29.5 Å². The molecule has 1 N–H and O–H groups in total. The molecule has 21 heavy (non-hydrogen) atoms. The van der Waals surface area contributed by atoms with E-state index in [4.69, 9.17) is 4.74 Å². The molecule has 1 atom stereocenters. The molecule has 0 spiro atoms. The van der Waals surface area contributed by atoms with Crippen LogP contribution in [0, 0.1) is 0 Å². The zero-order valence-corrected chi connectivity index (χ0v) is 13.8. The fourth-order valence-corrected chi connectivity index (χ4v) is 3.36. The Balaban J connectivity index is 1.74. The molecule has 1 aliphatic carbocycles. The predicted molar refractivity (Wildman–Crippen MR) is 89.7 cm³/mol. The Morgan fingerprint density at radius 3 is 2.90 bits per heavy atom. The van der Waals surface area contributed by atoms with Crippen LogP contribution in [0.2, 0.25) is 0 Å². The van der Waals surface area contributed by atoms with Crippen LogP contribution in [0.15, 0.2) is 46.9 Å². The first-order valence-electron chi connectivity index (χ1n) is 7.44. The zero-order valence-electron chi connectivity index (χ0n) is 12.2. The van der Waals surface area contributed by atoms with Gasteiger partial charge in [0.25, 0.3) is 0 Å². The molecule has 0 aromatic heterocycles. The summed E-state index contributed by atoms with van der Waals surface area (Å²) in [5, 5.41) is 3.40. The summed E-state index contributed by atoms with van der Waals surface area (Å²) >= 11 is 3.56. The maximum atomic E-state index is 5.96. The highest BCUT2D eigenvalue weighted by molar-refractivity contribution is 9.10. The largest absolute Gasteiger partial charge is 0.489 e. The second-order valence-corrected chi connectivity index (χ2v) is 6.33. The lowest BCUT2D eigenvalue weighted by Crippen LogP contribution is -2.21. The number of benzene rings is 2. The van der Waals surface area contributed by atoms with Gasteiger partial charge in [0, 0.05) is 16.1 Å². The molecule has 0 amide bonds. The molecule has 0 saturated carbocycles. The number of ether oxygens (including phenoxy) is 1. The van der Waals surface area contributed by atoms with Crippen molar-refractivity contribution in [3.8, 4) is 5.75 Å². The number of nitrogens with one attached hydrogen (secondary N) is 1. The highest BCUT2D eigenvalue weighted by Crippen LogP contribution is 2.32. The molecule has 0 radical (unpaired) electrons. The molecule has 2 nitrogen and oxygen atoms in total. The van der Waals surface area contributed by atoms with Crippen molar-refractivity contribution in [2.24, 2.45) is 0 Å². The summed E-state index contributed by atoms with van der Waals surface area (Å²) < 4.78 is 7.05. The summed E-state index contributed by atoms with van der Waals surface area (Å²) in [7, 11) is 2.04. The van der Waals surface area contributed by atoms with Gasteiger partial charge in [0.05, 0.1) is 0 Å². The minimum atomic E-state index is 0.492. The first-order chi connectivity index (χ1) is 10.3. The van der Waals surface area contributed by atoms with Gasteiger partial charge in [0.2, 0.25) is 0 Å².